The fourth-order valence-corrected chi connectivity index (χ4v) is 3.63. The molecule has 4 rings (SSSR count). The Balaban J connectivity index is 1.62. The van der Waals surface area contributed by atoms with E-state index in [1.807, 2.05) is 35.0 Å². The van der Waals surface area contributed by atoms with Crippen LogP contribution in [0.3, 0.4) is 0 Å². The third-order valence-electron chi connectivity index (χ3n) is 4.73. The van der Waals surface area contributed by atoms with Crippen LogP contribution >= 0.6 is 11.6 Å². The average Bonchev–Trinajstić information content (AvgIpc) is 2.83. The maximum absolute atomic E-state index is 6.14. The number of rotatable bonds is 3. The Morgan fingerprint density at radius 1 is 1.17 bits per heavy atom. The van der Waals surface area contributed by atoms with Gasteiger partial charge in [-0.05, 0) is 69.0 Å². The molecule has 0 amide bonds. The van der Waals surface area contributed by atoms with E-state index >= 15 is 0 Å². The molecule has 4 nitrogen and oxygen atoms in total. The Labute approximate surface area is 146 Å². The van der Waals surface area contributed by atoms with E-state index in [4.69, 9.17) is 16.6 Å². The number of pyridine rings is 2. The van der Waals surface area contributed by atoms with Crippen LogP contribution in [0.2, 0.25) is 5.02 Å². The molecular weight excluding hydrogens is 320 g/mol. The van der Waals surface area contributed by atoms with Crippen LogP contribution in [0.1, 0.15) is 25.0 Å². The number of halogens is 1. The first-order chi connectivity index (χ1) is 11.8. The zero-order valence-electron chi connectivity index (χ0n) is 13.6. The highest BCUT2D eigenvalue weighted by Crippen LogP contribution is 2.23. The lowest BCUT2D eigenvalue weighted by Crippen LogP contribution is -2.14. The van der Waals surface area contributed by atoms with E-state index in [9.17, 15) is 0 Å². The maximum atomic E-state index is 6.14. The van der Waals surface area contributed by atoms with E-state index in [1.54, 1.807) is 0 Å². The van der Waals surface area contributed by atoms with Crippen molar-refractivity contribution in [3.05, 3.63) is 53.4 Å². The molecule has 0 bridgehead atoms. The van der Waals surface area contributed by atoms with Crippen LogP contribution in [0.25, 0.3) is 17.0 Å². The molecule has 1 N–H and O–H groups in total. The van der Waals surface area contributed by atoms with Crippen LogP contribution in [-0.2, 0) is 6.42 Å². The van der Waals surface area contributed by atoms with Crippen molar-refractivity contribution in [3.63, 3.8) is 0 Å². The van der Waals surface area contributed by atoms with Crippen molar-refractivity contribution < 1.29 is 0 Å². The Bertz CT molecular complexity index is 834. The van der Waals surface area contributed by atoms with Gasteiger partial charge in [-0.1, -0.05) is 17.7 Å². The standard InChI is InChI=1S/C19H21ClN4/c20-15-6-7-19-22-12-18(24(19)13-15)17-5-1-4-16(23-17)11-14-3-2-9-21-10-8-14/h1,4-7,12-14,21H,2-3,8-11H2. The third-order valence-corrected chi connectivity index (χ3v) is 4.96. The van der Waals surface area contributed by atoms with Gasteiger partial charge in [-0.3, -0.25) is 9.38 Å². The van der Waals surface area contributed by atoms with Crippen molar-refractivity contribution in [1.29, 1.82) is 0 Å². The van der Waals surface area contributed by atoms with Crippen molar-refractivity contribution >= 4 is 17.2 Å². The molecule has 24 heavy (non-hydrogen) atoms. The van der Waals surface area contributed by atoms with Gasteiger partial charge in [0.05, 0.1) is 22.6 Å². The lowest BCUT2D eigenvalue weighted by molar-refractivity contribution is 0.465. The Morgan fingerprint density at radius 3 is 3.08 bits per heavy atom. The summed E-state index contributed by atoms with van der Waals surface area (Å²) in [6.45, 7) is 2.27. The number of hydrogen-bond donors (Lipinski definition) is 1. The summed E-state index contributed by atoms with van der Waals surface area (Å²) in [4.78, 5) is 9.35. The molecule has 1 atom stereocenters. The number of imidazole rings is 1. The minimum Gasteiger partial charge on any atom is -0.317 e. The quantitative estimate of drug-likeness (QED) is 0.784. The van der Waals surface area contributed by atoms with Crippen molar-refractivity contribution in [2.24, 2.45) is 5.92 Å². The Kier molecular flexibility index (Phi) is 4.50. The topological polar surface area (TPSA) is 42.2 Å². The van der Waals surface area contributed by atoms with Gasteiger partial charge >= 0.3 is 0 Å². The number of nitrogens with zero attached hydrogens (tertiary/aromatic N) is 3. The Hall–Kier alpha value is -1.91. The highest BCUT2D eigenvalue weighted by molar-refractivity contribution is 6.30. The largest absolute Gasteiger partial charge is 0.317 e. The number of fused-ring (bicyclic) bond motifs is 1. The first-order valence-electron chi connectivity index (χ1n) is 8.59. The zero-order valence-corrected chi connectivity index (χ0v) is 14.3. The average molecular weight is 341 g/mol. The predicted molar refractivity (Wildman–Crippen MR) is 97.3 cm³/mol. The summed E-state index contributed by atoms with van der Waals surface area (Å²) in [5.74, 6) is 0.722. The first kappa shape index (κ1) is 15.6. The van der Waals surface area contributed by atoms with Crippen LogP contribution < -0.4 is 5.32 Å². The summed E-state index contributed by atoms with van der Waals surface area (Å²) in [6, 6.07) is 10.1. The van der Waals surface area contributed by atoms with Gasteiger partial charge < -0.3 is 5.32 Å². The van der Waals surface area contributed by atoms with Gasteiger partial charge in [0.2, 0.25) is 0 Å². The molecule has 1 aliphatic rings. The summed E-state index contributed by atoms with van der Waals surface area (Å²) in [7, 11) is 0. The van der Waals surface area contributed by atoms with Crippen LogP contribution in [0.15, 0.2) is 42.7 Å². The van der Waals surface area contributed by atoms with E-state index in [2.05, 4.69) is 22.4 Å². The second kappa shape index (κ2) is 6.91. The van der Waals surface area contributed by atoms with Gasteiger partial charge in [0.1, 0.15) is 5.65 Å². The summed E-state index contributed by atoms with van der Waals surface area (Å²) >= 11 is 6.14. The molecule has 124 valence electrons. The monoisotopic (exact) mass is 340 g/mol. The molecule has 1 saturated heterocycles. The maximum Gasteiger partial charge on any atom is 0.137 e. The minimum atomic E-state index is 0.698. The number of aromatic nitrogens is 3. The van der Waals surface area contributed by atoms with Crippen molar-refractivity contribution in [2.45, 2.75) is 25.7 Å². The van der Waals surface area contributed by atoms with Crippen LogP contribution in [0.5, 0.6) is 0 Å². The van der Waals surface area contributed by atoms with E-state index < -0.39 is 0 Å². The predicted octanol–water partition coefficient (Wildman–Crippen LogP) is 3.98. The van der Waals surface area contributed by atoms with Crippen molar-refractivity contribution in [3.8, 4) is 11.4 Å². The molecule has 0 saturated carbocycles. The van der Waals surface area contributed by atoms with Crippen molar-refractivity contribution in [2.75, 3.05) is 13.1 Å². The molecule has 1 fully saturated rings. The summed E-state index contributed by atoms with van der Waals surface area (Å²) < 4.78 is 2.00. The lowest BCUT2D eigenvalue weighted by atomic mass is 9.95. The second-order valence-corrected chi connectivity index (χ2v) is 6.92. The van der Waals surface area contributed by atoms with E-state index in [0.29, 0.717) is 5.02 Å². The van der Waals surface area contributed by atoms with E-state index in [1.165, 1.54) is 19.3 Å². The molecule has 1 aliphatic heterocycles. The van der Waals surface area contributed by atoms with E-state index in [-0.39, 0.29) is 0 Å². The lowest BCUT2D eigenvalue weighted by Gasteiger charge is -2.13. The molecule has 3 aromatic rings. The summed E-state index contributed by atoms with van der Waals surface area (Å²) in [5.41, 5.74) is 3.98. The third kappa shape index (κ3) is 3.30. The molecule has 1 unspecified atom stereocenters. The van der Waals surface area contributed by atoms with Crippen LogP contribution in [0.4, 0.5) is 0 Å². The molecule has 4 heterocycles. The number of nitrogens with one attached hydrogen (secondary N) is 1. The fourth-order valence-electron chi connectivity index (χ4n) is 3.47. The first-order valence-corrected chi connectivity index (χ1v) is 8.97. The summed E-state index contributed by atoms with van der Waals surface area (Å²) in [5, 5.41) is 4.18. The van der Waals surface area contributed by atoms with Gasteiger partial charge in [-0.25, -0.2) is 4.98 Å². The van der Waals surface area contributed by atoms with Crippen LogP contribution in [-0.4, -0.2) is 27.5 Å². The van der Waals surface area contributed by atoms with Crippen LogP contribution in [0, 0.1) is 5.92 Å². The Morgan fingerprint density at radius 2 is 2.12 bits per heavy atom. The molecule has 5 heteroatoms. The van der Waals surface area contributed by atoms with Gasteiger partial charge in [-0.2, -0.15) is 0 Å². The SMILES string of the molecule is Clc1ccc2ncc(-c3cccc(CC4CCCNCC4)n3)n2c1. The molecule has 0 aromatic carbocycles. The minimum absolute atomic E-state index is 0.698. The number of hydrogen-bond acceptors (Lipinski definition) is 3. The molecule has 3 aromatic heterocycles. The summed E-state index contributed by atoms with van der Waals surface area (Å²) in [6.07, 6.45) is 8.59. The highest BCUT2D eigenvalue weighted by atomic mass is 35.5. The highest BCUT2D eigenvalue weighted by Gasteiger charge is 2.14. The fraction of sp³-hybridized carbons (Fsp3) is 0.368. The zero-order chi connectivity index (χ0) is 16.4. The van der Waals surface area contributed by atoms with Crippen molar-refractivity contribution in [1.82, 2.24) is 19.7 Å². The smallest absolute Gasteiger partial charge is 0.137 e. The molecule has 0 radical (unpaired) electrons. The van der Waals surface area contributed by atoms with Gasteiger partial charge in [-0.15, -0.1) is 0 Å². The normalized spacial score (nSPS) is 18.6. The molecule has 0 spiro atoms. The second-order valence-electron chi connectivity index (χ2n) is 6.48. The van der Waals surface area contributed by atoms with Gasteiger partial charge in [0.25, 0.3) is 0 Å². The molecule has 0 aliphatic carbocycles. The molecular formula is C19H21ClN4. The van der Waals surface area contributed by atoms with Gasteiger partial charge in [0.15, 0.2) is 0 Å². The van der Waals surface area contributed by atoms with E-state index in [0.717, 1.165) is 48.2 Å². The van der Waals surface area contributed by atoms with Gasteiger partial charge in [0, 0.05) is 11.9 Å².